The molecule has 6 heteroatoms. The van der Waals surface area contributed by atoms with Gasteiger partial charge in [0, 0.05) is 4.91 Å². The van der Waals surface area contributed by atoms with E-state index in [-0.39, 0.29) is 0 Å². The van der Waals surface area contributed by atoms with Gasteiger partial charge >= 0.3 is 0 Å². The van der Waals surface area contributed by atoms with Gasteiger partial charge in [-0.15, -0.1) is 0 Å². The quantitative estimate of drug-likeness (QED) is 0.145. The van der Waals surface area contributed by atoms with Crippen LogP contribution in [0.25, 0.3) is 10.4 Å². The number of ether oxygens (including phenoxy) is 3. The Labute approximate surface area is 199 Å². The Kier molecular flexibility index (Phi) is 7.67. The number of benzene rings is 4. The summed E-state index contributed by atoms with van der Waals surface area (Å²) in [6.07, 6.45) is 0. The van der Waals surface area contributed by atoms with Gasteiger partial charge in [-0.3, -0.25) is 0 Å². The fraction of sp³-hybridized carbons (Fsp3) is 0.143. The van der Waals surface area contributed by atoms with E-state index in [1.54, 1.807) is 7.11 Å². The first-order chi connectivity index (χ1) is 16.8. The molecule has 0 fully saturated rings. The lowest BCUT2D eigenvalue weighted by Crippen LogP contribution is -2.02. The van der Waals surface area contributed by atoms with Crippen molar-refractivity contribution in [2.75, 3.05) is 7.11 Å². The Morgan fingerprint density at radius 2 is 1.35 bits per heavy atom. The summed E-state index contributed by atoms with van der Waals surface area (Å²) in [7, 11) is 1.59. The van der Waals surface area contributed by atoms with Crippen molar-refractivity contribution in [3.8, 4) is 17.2 Å². The molecule has 34 heavy (non-hydrogen) atoms. The maximum absolute atomic E-state index is 9.24. The minimum atomic E-state index is -0.539. The number of nitrogens with zero attached hydrogens (tertiary/aromatic N) is 3. The fourth-order valence-electron chi connectivity index (χ4n) is 3.60. The van der Waals surface area contributed by atoms with Gasteiger partial charge in [0.1, 0.15) is 19.0 Å². The molecule has 0 N–H and O–H groups in total. The Balaban J connectivity index is 1.54. The van der Waals surface area contributed by atoms with Gasteiger partial charge in [-0.05, 0) is 52.1 Å². The van der Waals surface area contributed by atoms with Crippen molar-refractivity contribution in [2.24, 2.45) is 5.11 Å². The van der Waals surface area contributed by atoms with E-state index in [1.807, 2.05) is 103 Å². The van der Waals surface area contributed by atoms with Gasteiger partial charge in [0.25, 0.3) is 0 Å². The Morgan fingerprint density at radius 3 is 2.00 bits per heavy atom. The summed E-state index contributed by atoms with van der Waals surface area (Å²) in [5.41, 5.74) is 13.0. The molecule has 0 aliphatic carbocycles. The molecule has 0 radical (unpaired) electrons. The third-order valence-corrected chi connectivity index (χ3v) is 5.33. The molecule has 170 valence electrons. The molecule has 1 atom stereocenters. The van der Waals surface area contributed by atoms with Gasteiger partial charge in [-0.1, -0.05) is 84.0 Å². The number of rotatable bonds is 10. The Morgan fingerprint density at radius 1 is 0.706 bits per heavy atom. The third-order valence-electron chi connectivity index (χ3n) is 5.33. The van der Waals surface area contributed by atoms with E-state index in [0.717, 1.165) is 22.3 Å². The molecule has 4 aromatic rings. The molecule has 0 amide bonds. The Bertz CT molecular complexity index is 1260. The highest BCUT2D eigenvalue weighted by molar-refractivity contribution is 5.47. The van der Waals surface area contributed by atoms with Gasteiger partial charge in [0.15, 0.2) is 11.5 Å². The summed E-state index contributed by atoms with van der Waals surface area (Å²) in [4.78, 5) is 3.08. The van der Waals surface area contributed by atoms with Gasteiger partial charge in [-0.2, -0.15) is 0 Å². The largest absolute Gasteiger partial charge is 0.493 e. The van der Waals surface area contributed by atoms with Gasteiger partial charge in [0.05, 0.1) is 13.2 Å². The highest BCUT2D eigenvalue weighted by atomic mass is 16.5. The average Bonchev–Trinajstić information content (AvgIpc) is 2.90. The molecular formula is C28H25N3O3. The molecule has 0 heterocycles. The molecule has 0 saturated heterocycles. The molecule has 0 bridgehead atoms. The minimum absolute atomic E-state index is 0.428. The third kappa shape index (κ3) is 5.88. The van der Waals surface area contributed by atoms with Gasteiger partial charge < -0.3 is 14.2 Å². The fourth-order valence-corrected chi connectivity index (χ4v) is 3.60. The van der Waals surface area contributed by atoms with Crippen LogP contribution in [0, 0.1) is 0 Å². The van der Waals surface area contributed by atoms with Gasteiger partial charge in [-0.25, -0.2) is 0 Å². The molecule has 0 aromatic heterocycles. The van der Waals surface area contributed by atoms with Crippen LogP contribution in [0.4, 0.5) is 0 Å². The van der Waals surface area contributed by atoms with Crippen molar-refractivity contribution < 1.29 is 14.2 Å². The number of hydrogen-bond acceptors (Lipinski definition) is 4. The van der Waals surface area contributed by atoms with Crippen LogP contribution in [-0.2, 0) is 13.2 Å². The van der Waals surface area contributed by atoms with Crippen LogP contribution >= 0.6 is 0 Å². The van der Waals surface area contributed by atoms with E-state index in [9.17, 15) is 5.53 Å². The molecule has 4 aromatic carbocycles. The second kappa shape index (κ2) is 11.5. The van der Waals surface area contributed by atoms with E-state index in [4.69, 9.17) is 14.2 Å². The van der Waals surface area contributed by atoms with Crippen LogP contribution in [-0.4, -0.2) is 7.11 Å². The first-order valence-electron chi connectivity index (χ1n) is 10.9. The zero-order valence-electron chi connectivity index (χ0n) is 18.9. The number of methoxy groups -OCH3 is 1. The van der Waals surface area contributed by atoms with Crippen LogP contribution in [0.3, 0.4) is 0 Å². The maximum atomic E-state index is 9.24. The van der Waals surface area contributed by atoms with E-state index < -0.39 is 6.04 Å². The lowest BCUT2D eigenvalue weighted by atomic mass is 9.99. The van der Waals surface area contributed by atoms with Crippen molar-refractivity contribution in [3.63, 3.8) is 0 Å². The standard InChI is InChI=1S/C28H25N3O3/c1-32-27-18-24(15-16-26(27)34-20-22-11-6-3-7-12-22)28(30-31-29)23-13-8-14-25(17-23)33-19-21-9-4-2-5-10-21/h2-18,28H,19-20H2,1H3. The predicted molar refractivity (Wildman–Crippen MR) is 132 cm³/mol. The van der Waals surface area contributed by atoms with E-state index in [2.05, 4.69) is 10.0 Å². The molecule has 0 aliphatic heterocycles. The SMILES string of the molecule is COc1cc(C(N=[N+]=[N-])c2cccc(OCc3ccccc3)c2)ccc1OCc1ccccc1. The second-order valence-electron chi connectivity index (χ2n) is 7.64. The summed E-state index contributed by atoms with van der Waals surface area (Å²) in [5.74, 6) is 1.90. The topological polar surface area (TPSA) is 76.5 Å². The van der Waals surface area contributed by atoms with E-state index in [1.165, 1.54) is 0 Å². The minimum Gasteiger partial charge on any atom is -0.493 e. The van der Waals surface area contributed by atoms with Crippen molar-refractivity contribution >= 4 is 0 Å². The molecule has 0 saturated carbocycles. The first-order valence-corrected chi connectivity index (χ1v) is 10.9. The van der Waals surface area contributed by atoms with E-state index in [0.29, 0.717) is 30.5 Å². The van der Waals surface area contributed by atoms with Crippen LogP contribution < -0.4 is 14.2 Å². The highest BCUT2D eigenvalue weighted by Gasteiger charge is 2.16. The van der Waals surface area contributed by atoms with Crippen LogP contribution in [0.2, 0.25) is 0 Å². The number of hydrogen-bond donors (Lipinski definition) is 0. The molecule has 0 aliphatic rings. The second-order valence-corrected chi connectivity index (χ2v) is 7.64. The number of azide groups is 1. The normalized spacial score (nSPS) is 11.2. The highest BCUT2D eigenvalue weighted by Crippen LogP contribution is 2.35. The summed E-state index contributed by atoms with van der Waals surface area (Å²) in [5, 5.41) is 4.05. The van der Waals surface area contributed by atoms with Crippen molar-refractivity contribution in [2.45, 2.75) is 19.3 Å². The average molecular weight is 452 g/mol. The molecule has 1 unspecified atom stereocenters. The summed E-state index contributed by atoms with van der Waals surface area (Å²) >= 11 is 0. The van der Waals surface area contributed by atoms with E-state index >= 15 is 0 Å². The molecule has 6 nitrogen and oxygen atoms in total. The Hall–Kier alpha value is -4.41. The van der Waals surface area contributed by atoms with Crippen LogP contribution in [0.1, 0.15) is 28.3 Å². The summed E-state index contributed by atoms with van der Waals surface area (Å²) in [6, 6.07) is 32.5. The predicted octanol–water partition coefficient (Wildman–Crippen LogP) is 7.25. The molecule has 0 spiro atoms. The van der Waals surface area contributed by atoms with Crippen molar-refractivity contribution in [1.29, 1.82) is 0 Å². The molecule has 4 rings (SSSR count). The zero-order chi connectivity index (χ0) is 23.6. The monoisotopic (exact) mass is 451 g/mol. The maximum Gasteiger partial charge on any atom is 0.161 e. The molecular weight excluding hydrogens is 426 g/mol. The lowest BCUT2D eigenvalue weighted by Gasteiger charge is -2.17. The first kappa shape index (κ1) is 22.8. The van der Waals surface area contributed by atoms with Gasteiger partial charge in [0.2, 0.25) is 0 Å². The van der Waals surface area contributed by atoms with Crippen molar-refractivity contribution in [1.82, 2.24) is 0 Å². The smallest absolute Gasteiger partial charge is 0.161 e. The van der Waals surface area contributed by atoms with Crippen molar-refractivity contribution in [3.05, 3.63) is 136 Å². The summed E-state index contributed by atoms with van der Waals surface area (Å²) in [6.45, 7) is 0.884. The lowest BCUT2D eigenvalue weighted by molar-refractivity contribution is 0.284. The summed E-state index contributed by atoms with van der Waals surface area (Å²) < 4.78 is 17.5. The zero-order valence-corrected chi connectivity index (χ0v) is 18.9. The van der Waals surface area contributed by atoms with Crippen LogP contribution in [0.15, 0.2) is 108 Å². The van der Waals surface area contributed by atoms with Crippen LogP contribution in [0.5, 0.6) is 17.2 Å².